The quantitative estimate of drug-likeness (QED) is 0.105. The highest BCUT2D eigenvalue weighted by Crippen LogP contribution is 2.24. The van der Waals surface area contributed by atoms with Gasteiger partial charge in [-0.25, -0.2) is 10.2 Å². The van der Waals surface area contributed by atoms with Gasteiger partial charge in [0.2, 0.25) is 0 Å². The first-order valence-electron chi connectivity index (χ1n) is 9.85. The first-order chi connectivity index (χ1) is 17.1. The van der Waals surface area contributed by atoms with Crippen LogP contribution in [-0.2, 0) is 4.79 Å². The molecule has 3 aromatic carbocycles. The molecule has 0 aliphatic heterocycles. The lowest BCUT2D eigenvalue weighted by atomic mass is 10.2. The van der Waals surface area contributed by atoms with Crippen LogP contribution in [-0.4, -0.2) is 27.9 Å². The number of nitro benzene ring substituents is 2. The Balaban J connectivity index is 1.77. The predicted molar refractivity (Wildman–Crippen MR) is 132 cm³/mol. The van der Waals surface area contributed by atoms with Crippen molar-refractivity contribution in [3.05, 3.63) is 114 Å². The summed E-state index contributed by atoms with van der Waals surface area (Å²) in [6.07, 6.45) is 3.40. The molecule has 0 aromatic heterocycles. The number of hydrogen-bond donors (Lipinski definition) is 1. The van der Waals surface area contributed by atoms with E-state index in [9.17, 15) is 29.8 Å². The van der Waals surface area contributed by atoms with E-state index < -0.39 is 21.7 Å². The van der Waals surface area contributed by atoms with E-state index in [4.69, 9.17) is 27.9 Å². The fourth-order valence-electron chi connectivity index (χ4n) is 2.79. The molecule has 0 saturated heterocycles. The molecule has 0 aliphatic rings. The van der Waals surface area contributed by atoms with Gasteiger partial charge in [-0.05, 0) is 35.9 Å². The molecular weight excluding hydrogens is 515 g/mol. The molecular formula is C23H14Cl2N4O7. The number of nitrogens with zero attached hydrogens (tertiary/aromatic N) is 3. The van der Waals surface area contributed by atoms with E-state index in [0.29, 0.717) is 10.6 Å². The van der Waals surface area contributed by atoms with Crippen molar-refractivity contribution in [3.8, 4) is 5.75 Å². The summed E-state index contributed by atoms with van der Waals surface area (Å²) in [7, 11) is 0. The van der Waals surface area contributed by atoms with Gasteiger partial charge in [-0.3, -0.25) is 25.0 Å². The molecule has 0 aliphatic carbocycles. The molecule has 0 saturated carbocycles. The lowest BCUT2D eigenvalue weighted by Crippen LogP contribution is -2.18. The molecule has 3 rings (SSSR count). The third kappa shape index (κ3) is 6.95. The molecule has 0 spiro atoms. The number of nitro groups is 2. The maximum Gasteiger partial charge on any atom is 0.336 e. The van der Waals surface area contributed by atoms with Crippen molar-refractivity contribution in [1.29, 1.82) is 0 Å². The number of non-ortho nitro benzene ring substituents is 2. The number of rotatable bonds is 8. The number of hydrogen-bond acceptors (Lipinski definition) is 8. The maximum atomic E-state index is 12.3. The standard InChI is InChI=1S/C23H14Cl2N4O7/c24-16-5-7-19(20(25)12-16)23(31)27-26-13-15-11-18(29(34)35)6-8-21(15)36-22(30)9-4-14-2-1-3-17(10-14)28(32)33/h1-13H,(H,27,31)/b9-4+,26-13+. The highest BCUT2D eigenvalue weighted by atomic mass is 35.5. The summed E-state index contributed by atoms with van der Waals surface area (Å²) in [5.41, 5.74) is 2.25. The number of nitrogens with one attached hydrogen (secondary N) is 1. The number of halogens is 2. The summed E-state index contributed by atoms with van der Waals surface area (Å²) in [6, 6.07) is 13.2. The van der Waals surface area contributed by atoms with Crippen LogP contribution in [0.1, 0.15) is 21.5 Å². The minimum absolute atomic E-state index is 0.0174. The van der Waals surface area contributed by atoms with E-state index in [1.807, 2.05) is 0 Å². The van der Waals surface area contributed by atoms with Gasteiger partial charge in [0.05, 0.1) is 26.6 Å². The second kappa shape index (κ2) is 11.7. The van der Waals surface area contributed by atoms with Gasteiger partial charge in [-0.1, -0.05) is 35.3 Å². The second-order valence-electron chi connectivity index (χ2n) is 6.91. The fourth-order valence-corrected chi connectivity index (χ4v) is 3.28. The summed E-state index contributed by atoms with van der Waals surface area (Å²) >= 11 is 11.8. The Bertz CT molecular complexity index is 1420. The maximum absolute atomic E-state index is 12.3. The lowest BCUT2D eigenvalue weighted by Gasteiger charge is -2.06. The molecule has 1 amide bonds. The van der Waals surface area contributed by atoms with Gasteiger partial charge < -0.3 is 4.74 Å². The van der Waals surface area contributed by atoms with Crippen molar-refractivity contribution in [2.45, 2.75) is 0 Å². The molecule has 0 radical (unpaired) electrons. The van der Waals surface area contributed by atoms with Gasteiger partial charge >= 0.3 is 5.97 Å². The van der Waals surface area contributed by atoms with Crippen LogP contribution in [0.5, 0.6) is 5.75 Å². The Hall–Kier alpha value is -4.61. The highest BCUT2D eigenvalue weighted by Gasteiger charge is 2.14. The number of esters is 1. The molecule has 0 heterocycles. The topological polar surface area (TPSA) is 154 Å². The van der Waals surface area contributed by atoms with Gasteiger partial charge in [0.25, 0.3) is 17.3 Å². The van der Waals surface area contributed by atoms with E-state index in [-0.39, 0.29) is 33.3 Å². The van der Waals surface area contributed by atoms with Gasteiger partial charge in [-0.2, -0.15) is 5.10 Å². The van der Waals surface area contributed by atoms with Crippen LogP contribution in [0, 0.1) is 20.2 Å². The van der Waals surface area contributed by atoms with Crippen LogP contribution in [0.4, 0.5) is 11.4 Å². The smallest absolute Gasteiger partial charge is 0.336 e. The van der Waals surface area contributed by atoms with Crippen molar-refractivity contribution in [2.24, 2.45) is 5.10 Å². The Kier molecular flexibility index (Phi) is 8.44. The molecule has 36 heavy (non-hydrogen) atoms. The zero-order chi connectivity index (χ0) is 26.2. The minimum Gasteiger partial charge on any atom is -0.423 e. The minimum atomic E-state index is -0.859. The number of ether oxygens (including phenoxy) is 1. The third-order valence-corrected chi connectivity index (χ3v) is 5.00. The molecule has 11 nitrogen and oxygen atoms in total. The van der Waals surface area contributed by atoms with E-state index in [0.717, 1.165) is 24.4 Å². The van der Waals surface area contributed by atoms with Gasteiger partial charge in [-0.15, -0.1) is 0 Å². The SMILES string of the molecule is O=C(/C=C/c1cccc([N+](=O)[O-])c1)Oc1ccc([N+](=O)[O-])cc1/C=N/NC(=O)c1ccc(Cl)cc1Cl. The van der Waals surface area contributed by atoms with E-state index in [2.05, 4.69) is 10.5 Å². The second-order valence-corrected chi connectivity index (χ2v) is 7.75. The molecule has 0 bridgehead atoms. The zero-order valence-electron chi connectivity index (χ0n) is 18.0. The van der Waals surface area contributed by atoms with Gasteiger partial charge in [0.1, 0.15) is 5.75 Å². The number of amides is 1. The van der Waals surface area contributed by atoms with Crippen LogP contribution in [0.3, 0.4) is 0 Å². The summed E-state index contributed by atoms with van der Waals surface area (Å²) in [5, 5.41) is 26.2. The Morgan fingerprint density at radius 2 is 1.67 bits per heavy atom. The fraction of sp³-hybridized carbons (Fsp3) is 0. The summed E-state index contributed by atoms with van der Waals surface area (Å²) in [4.78, 5) is 45.4. The van der Waals surface area contributed by atoms with Crippen molar-refractivity contribution in [3.63, 3.8) is 0 Å². The molecule has 0 fully saturated rings. The Labute approximate surface area is 212 Å². The van der Waals surface area contributed by atoms with Crippen LogP contribution in [0.15, 0.2) is 71.8 Å². The first kappa shape index (κ1) is 26.0. The zero-order valence-corrected chi connectivity index (χ0v) is 19.5. The summed E-state index contributed by atoms with van der Waals surface area (Å²) in [6.45, 7) is 0. The number of carbonyl (C=O) groups is 2. The monoisotopic (exact) mass is 528 g/mol. The molecule has 182 valence electrons. The van der Waals surface area contributed by atoms with E-state index >= 15 is 0 Å². The molecule has 0 unspecified atom stereocenters. The molecule has 1 N–H and O–H groups in total. The van der Waals surface area contributed by atoms with E-state index in [1.165, 1.54) is 48.5 Å². The average molecular weight is 529 g/mol. The van der Waals surface area contributed by atoms with Gasteiger partial charge in [0.15, 0.2) is 0 Å². The number of benzene rings is 3. The van der Waals surface area contributed by atoms with Crippen molar-refractivity contribution in [2.75, 3.05) is 0 Å². The Morgan fingerprint density at radius 1 is 0.944 bits per heavy atom. The summed E-state index contributed by atoms with van der Waals surface area (Å²) < 4.78 is 5.23. The molecule has 3 aromatic rings. The average Bonchev–Trinajstić information content (AvgIpc) is 2.83. The van der Waals surface area contributed by atoms with Gasteiger partial charge in [0, 0.05) is 40.9 Å². The normalized spacial score (nSPS) is 10.9. The lowest BCUT2D eigenvalue weighted by molar-refractivity contribution is -0.385. The van der Waals surface area contributed by atoms with Crippen LogP contribution >= 0.6 is 23.2 Å². The van der Waals surface area contributed by atoms with Crippen LogP contribution in [0.25, 0.3) is 6.08 Å². The van der Waals surface area contributed by atoms with Crippen LogP contribution < -0.4 is 10.2 Å². The first-order valence-corrected chi connectivity index (χ1v) is 10.6. The third-order valence-electron chi connectivity index (χ3n) is 4.45. The molecule has 0 atom stereocenters. The van der Waals surface area contributed by atoms with Crippen molar-refractivity contribution in [1.82, 2.24) is 5.43 Å². The highest BCUT2D eigenvalue weighted by molar-refractivity contribution is 6.36. The molecule has 13 heteroatoms. The van der Waals surface area contributed by atoms with Crippen molar-refractivity contribution >= 4 is 58.7 Å². The van der Waals surface area contributed by atoms with Crippen molar-refractivity contribution < 1.29 is 24.2 Å². The predicted octanol–water partition coefficient (Wildman–Crippen LogP) is 5.19. The summed E-state index contributed by atoms with van der Waals surface area (Å²) in [5.74, 6) is -1.62. The number of carbonyl (C=O) groups excluding carboxylic acids is 2. The van der Waals surface area contributed by atoms with Crippen LogP contribution in [0.2, 0.25) is 10.0 Å². The van der Waals surface area contributed by atoms with E-state index in [1.54, 1.807) is 6.07 Å². The Morgan fingerprint density at radius 3 is 2.36 bits per heavy atom. The largest absolute Gasteiger partial charge is 0.423 e. The number of hydrazone groups is 1.